The first-order valence-electron chi connectivity index (χ1n) is 15.8. The van der Waals surface area contributed by atoms with Gasteiger partial charge in [0.15, 0.2) is 17.1 Å². The Morgan fingerprint density at radius 2 is 1.84 bits per heavy atom. The van der Waals surface area contributed by atoms with Crippen molar-refractivity contribution in [2.45, 2.75) is 59.8 Å². The van der Waals surface area contributed by atoms with E-state index >= 15 is 0 Å². The van der Waals surface area contributed by atoms with Crippen molar-refractivity contribution in [1.82, 2.24) is 15.0 Å². The molecule has 236 valence electrons. The number of allylic oxidation sites excluding steroid dienone is 1. The van der Waals surface area contributed by atoms with Gasteiger partial charge in [-0.1, -0.05) is 39.5 Å². The normalized spacial score (nSPS) is 15.6. The van der Waals surface area contributed by atoms with Gasteiger partial charge >= 0.3 is 0 Å². The summed E-state index contributed by atoms with van der Waals surface area (Å²) >= 11 is 0. The van der Waals surface area contributed by atoms with E-state index in [0.717, 1.165) is 23.3 Å². The van der Waals surface area contributed by atoms with E-state index in [0.29, 0.717) is 71.8 Å². The molecule has 1 aliphatic carbocycles. The number of aromatic hydroxyl groups is 1. The number of rotatable bonds is 8. The third kappa shape index (κ3) is 7.57. The molecule has 1 aromatic carbocycles. The average molecular weight is 612 g/mol. The zero-order valence-electron chi connectivity index (χ0n) is 26.4. The van der Waals surface area contributed by atoms with Crippen LogP contribution in [0.25, 0.3) is 28.2 Å². The van der Waals surface area contributed by atoms with Crippen molar-refractivity contribution in [3.05, 3.63) is 69.9 Å². The molecule has 2 fully saturated rings. The van der Waals surface area contributed by atoms with Crippen LogP contribution in [0.1, 0.15) is 64.1 Å². The van der Waals surface area contributed by atoms with Crippen molar-refractivity contribution < 1.29 is 19.1 Å². The Morgan fingerprint density at radius 1 is 1.09 bits per heavy atom. The molecule has 4 aromatic rings. The number of Topliss-reactive ketones (excluding diaryl/α,β-unsaturated/α-hetero) is 1. The largest absolute Gasteiger partial charge is 0.507 e. The summed E-state index contributed by atoms with van der Waals surface area (Å²) in [5, 5.41) is 14.3. The smallest absolute Gasteiger partial charge is 0.227 e. The fraction of sp³-hybridized carbons (Fsp3) is 0.400. The van der Waals surface area contributed by atoms with Gasteiger partial charge in [-0.3, -0.25) is 14.6 Å². The first kappa shape index (κ1) is 31.8. The number of nitrogens with zero attached hydrogens (tertiary/aromatic N) is 4. The van der Waals surface area contributed by atoms with E-state index in [9.17, 15) is 14.7 Å². The third-order valence-electron chi connectivity index (χ3n) is 8.24. The van der Waals surface area contributed by atoms with E-state index in [1.165, 1.54) is 37.8 Å². The number of benzene rings is 1. The van der Waals surface area contributed by atoms with Crippen molar-refractivity contribution in [3.63, 3.8) is 0 Å². The van der Waals surface area contributed by atoms with Gasteiger partial charge in [0.1, 0.15) is 11.3 Å². The highest BCUT2D eigenvalue weighted by atomic mass is 16.5. The molecule has 1 aliphatic heterocycles. The summed E-state index contributed by atoms with van der Waals surface area (Å²) in [4.78, 5) is 40.6. The second kappa shape index (κ2) is 14.5. The molecule has 3 aromatic heterocycles. The number of ketones is 1. The first-order valence-corrected chi connectivity index (χ1v) is 15.8. The number of phenols is 1. The van der Waals surface area contributed by atoms with Gasteiger partial charge in [0.25, 0.3) is 0 Å². The highest BCUT2D eigenvalue weighted by Crippen LogP contribution is 2.35. The van der Waals surface area contributed by atoms with Crippen LogP contribution in [-0.2, 0) is 9.53 Å². The van der Waals surface area contributed by atoms with Gasteiger partial charge in [0.2, 0.25) is 5.95 Å². The Labute approximate surface area is 263 Å². The van der Waals surface area contributed by atoms with E-state index in [-0.39, 0.29) is 17.0 Å². The molecule has 4 heterocycles. The van der Waals surface area contributed by atoms with Gasteiger partial charge in [0, 0.05) is 48.2 Å². The SMILES string of the molecule is CC.CC(=O)/C(=C/c1cnc(Nc2cncc(-c3cc4oc(N5CCOCC5)cc(=O)c4cc3O)c2)nc1C)CC1CCCC1. The molecule has 1 saturated heterocycles. The molecule has 45 heavy (non-hydrogen) atoms. The zero-order valence-corrected chi connectivity index (χ0v) is 26.4. The van der Waals surface area contributed by atoms with E-state index < -0.39 is 0 Å². The summed E-state index contributed by atoms with van der Waals surface area (Å²) < 4.78 is 11.5. The Bertz CT molecular complexity index is 1750. The summed E-state index contributed by atoms with van der Waals surface area (Å²) in [6.07, 6.45) is 12.5. The molecular formula is C35H41N5O5. The number of ether oxygens (including phenoxy) is 1. The molecule has 10 nitrogen and oxygen atoms in total. The number of phenolic OH excluding ortho intramolecular Hbond substituents is 1. The van der Waals surface area contributed by atoms with Gasteiger partial charge in [-0.15, -0.1) is 0 Å². The van der Waals surface area contributed by atoms with Crippen LogP contribution >= 0.6 is 0 Å². The van der Waals surface area contributed by atoms with Crippen LogP contribution in [0.3, 0.4) is 0 Å². The summed E-state index contributed by atoms with van der Waals surface area (Å²) in [5.41, 5.74) is 4.26. The molecule has 0 radical (unpaired) electrons. The molecule has 2 aliphatic rings. The number of morpholine rings is 1. The van der Waals surface area contributed by atoms with Crippen LogP contribution in [-0.4, -0.2) is 52.1 Å². The molecule has 0 amide bonds. The average Bonchev–Trinajstić information content (AvgIpc) is 3.57. The molecule has 6 rings (SSSR count). The zero-order chi connectivity index (χ0) is 31.9. The number of pyridine rings is 1. The fourth-order valence-electron chi connectivity index (χ4n) is 5.83. The molecular weight excluding hydrogens is 570 g/mol. The van der Waals surface area contributed by atoms with Gasteiger partial charge in [-0.25, -0.2) is 9.97 Å². The van der Waals surface area contributed by atoms with Crippen molar-refractivity contribution in [1.29, 1.82) is 0 Å². The van der Waals surface area contributed by atoms with Crippen LogP contribution in [0.2, 0.25) is 0 Å². The minimum absolute atomic E-state index is 0.0556. The topological polar surface area (TPSA) is 131 Å². The molecule has 0 atom stereocenters. The standard InChI is InChI=1S/C33H35N5O5.C2H6/c1-20-24(12-23(21(2)39)11-22-5-3-4-6-22)18-35-33(36-20)37-26-13-25(17-34-19-26)27-15-31-28(14-29(27)40)30(41)16-32(43-31)38-7-9-42-10-8-38;1-2/h12-19,22,40H,3-11H2,1-2H3,(H,35,36,37);1-2H3/b23-12+;. The number of carbonyl (C=O) groups is 1. The van der Waals surface area contributed by atoms with Crippen LogP contribution in [0.5, 0.6) is 5.75 Å². The molecule has 2 N–H and O–H groups in total. The number of anilines is 3. The highest BCUT2D eigenvalue weighted by molar-refractivity contribution is 5.97. The summed E-state index contributed by atoms with van der Waals surface area (Å²) in [6.45, 7) is 9.92. The van der Waals surface area contributed by atoms with Crippen LogP contribution in [0.4, 0.5) is 17.5 Å². The predicted molar refractivity (Wildman–Crippen MR) is 177 cm³/mol. The van der Waals surface area contributed by atoms with Gasteiger partial charge in [-0.05, 0) is 56.0 Å². The number of aromatic nitrogens is 3. The number of hydrogen-bond acceptors (Lipinski definition) is 10. The molecule has 0 unspecified atom stereocenters. The van der Waals surface area contributed by atoms with Crippen molar-refractivity contribution >= 4 is 40.3 Å². The maximum atomic E-state index is 12.8. The van der Waals surface area contributed by atoms with Crippen molar-refractivity contribution in [2.75, 3.05) is 36.5 Å². The van der Waals surface area contributed by atoms with E-state index in [2.05, 4.69) is 20.3 Å². The minimum Gasteiger partial charge on any atom is -0.507 e. The fourth-order valence-corrected chi connectivity index (χ4v) is 5.83. The number of nitrogens with one attached hydrogen (secondary N) is 1. The van der Waals surface area contributed by atoms with Gasteiger partial charge in [0.05, 0.1) is 36.2 Å². The van der Waals surface area contributed by atoms with Crippen LogP contribution in [0, 0.1) is 12.8 Å². The first-order chi connectivity index (χ1) is 21.8. The Balaban J connectivity index is 0.00000196. The summed E-state index contributed by atoms with van der Waals surface area (Å²) in [7, 11) is 0. The monoisotopic (exact) mass is 611 g/mol. The Kier molecular flexibility index (Phi) is 10.2. The quantitative estimate of drug-likeness (QED) is 0.205. The van der Waals surface area contributed by atoms with E-state index in [1.54, 1.807) is 31.6 Å². The van der Waals surface area contributed by atoms with Crippen molar-refractivity contribution in [3.8, 4) is 16.9 Å². The lowest BCUT2D eigenvalue weighted by Gasteiger charge is -2.27. The second-order valence-corrected chi connectivity index (χ2v) is 11.3. The van der Waals surface area contributed by atoms with Gasteiger partial charge < -0.3 is 24.5 Å². The second-order valence-electron chi connectivity index (χ2n) is 11.3. The highest BCUT2D eigenvalue weighted by Gasteiger charge is 2.20. The predicted octanol–water partition coefficient (Wildman–Crippen LogP) is 6.82. The van der Waals surface area contributed by atoms with Crippen LogP contribution < -0.4 is 15.6 Å². The third-order valence-corrected chi connectivity index (χ3v) is 8.24. The lowest BCUT2D eigenvalue weighted by molar-refractivity contribution is -0.113. The van der Waals surface area contributed by atoms with Crippen molar-refractivity contribution in [2.24, 2.45) is 5.92 Å². The summed E-state index contributed by atoms with van der Waals surface area (Å²) in [6, 6.07) is 6.37. The maximum absolute atomic E-state index is 12.8. The lowest BCUT2D eigenvalue weighted by atomic mass is 9.94. The van der Waals surface area contributed by atoms with Gasteiger partial charge in [-0.2, -0.15) is 0 Å². The number of hydrogen-bond donors (Lipinski definition) is 2. The molecule has 0 bridgehead atoms. The lowest BCUT2D eigenvalue weighted by Crippen LogP contribution is -2.36. The summed E-state index contributed by atoms with van der Waals surface area (Å²) in [5.74, 6) is 1.47. The number of carbonyl (C=O) groups excluding carboxylic acids is 1. The van der Waals surface area contributed by atoms with E-state index in [4.69, 9.17) is 9.15 Å². The molecule has 1 saturated carbocycles. The number of fused-ring (bicyclic) bond motifs is 1. The molecule has 0 spiro atoms. The Hall–Kier alpha value is -4.57. The van der Waals surface area contributed by atoms with Crippen LogP contribution in [0.15, 0.2) is 57.6 Å². The number of aryl methyl sites for hydroxylation is 1. The minimum atomic E-state index is -0.224. The maximum Gasteiger partial charge on any atom is 0.227 e. The molecule has 10 heteroatoms. The van der Waals surface area contributed by atoms with E-state index in [1.807, 2.05) is 37.8 Å². The Morgan fingerprint density at radius 3 is 2.56 bits per heavy atom.